The van der Waals surface area contributed by atoms with Crippen LogP contribution in [0.15, 0.2) is 54.6 Å². The smallest absolute Gasteiger partial charge is 0.105 e. The van der Waals surface area contributed by atoms with E-state index in [0.29, 0.717) is 13.2 Å². The van der Waals surface area contributed by atoms with Crippen LogP contribution in [0.4, 0.5) is 0 Å². The molecule has 0 amide bonds. The van der Waals surface area contributed by atoms with E-state index >= 15 is 0 Å². The van der Waals surface area contributed by atoms with Gasteiger partial charge in [0, 0.05) is 14.2 Å². The van der Waals surface area contributed by atoms with Crippen molar-refractivity contribution in [1.29, 1.82) is 0 Å². The van der Waals surface area contributed by atoms with Crippen LogP contribution in [-0.2, 0) is 25.4 Å². The molecule has 4 heteroatoms. The van der Waals surface area contributed by atoms with E-state index in [4.69, 9.17) is 18.9 Å². The number of hydrogen-bond acceptors (Lipinski definition) is 4. The predicted octanol–water partition coefficient (Wildman–Crippen LogP) is 5.13. The monoisotopic (exact) mass is 386 g/mol. The van der Waals surface area contributed by atoms with Crippen LogP contribution in [0, 0.1) is 0 Å². The van der Waals surface area contributed by atoms with Crippen molar-refractivity contribution < 1.29 is 18.9 Å². The molecule has 0 saturated heterocycles. The quantitative estimate of drug-likeness (QED) is 0.506. The molecule has 0 saturated carbocycles. The minimum absolute atomic E-state index is 0.0546. The zero-order chi connectivity index (χ0) is 20.4. The zero-order valence-electron chi connectivity index (χ0n) is 17.8. The van der Waals surface area contributed by atoms with Gasteiger partial charge in [-0.1, -0.05) is 54.6 Å². The van der Waals surface area contributed by atoms with Crippen LogP contribution in [0.1, 0.15) is 49.7 Å². The first kappa shape index (κ1) is 22.6. The summed E-state index contributed by atoms with van der Waals surface area (Å²) in [6.07, 6.45) is 0.994. The molecule has 28 heavy (non-hydrogen) atoms. The molecule has 0 radical (unpaired) electrons. The SMILES string of the molecule is COC(COC(C)C)c1cccc(CC(C)OCC(OC)c2ccccc2)c1. The van der Waals surface area contributed by atoms with Gasteiger partial charge in [-0.25, -0.2) is 0 Å². The van der Waals surface area contributed by atoms with Gasteiger partial charge < -0.3 is 18.9 Å². The number of methoxy groups -OCH3 is 2. The van der Waals surface area contributed by atoms with Gasteiger partial charge in [0.15, 0.2) is 0 Å². The van der Waals surface area contributed by atoms with E-state index in [0.717, 1.165) is 17.5 Å². The van der Waals surface area contributed by atoms with E-state index in [1.807, 2.05) is 32.0 Å². The molecule has 3 atom stereocenters. The Morgan fingerprint density at radius 3 is 1.96 bits per heavy atom. The van der Waals surface area contributed by atoms with Gasteiger partial charge in [-0.3, -0.25) is 0 Å². The summed E-state index contributed by atoms with van der Waals surface area (Å²) < 4.78 is 23.0. The van der Waals surface area contributed by atoms with Crippen molar-refractivity contribution in [1.82, 2.24) is 0 Å². The maximum atomic E-state index is 6.08. The van der Waals surface area contributed by atoms with Crippen LogP contribution in [-0.4, -0.2) is 39.6 Å². The zero-order valence-corrected chi connectivity index (χ0v) is 17.8. The first-order valence-corrected chi connectivity index (χ1v) is 9.96. The third-order valence-electron chi connectivity index (χ3n) is 4.70. The Kier molecular flexibility index (Phi) is 9.65. The summed E-state index contributed by atoms with van der Waals surface area (Å²) >= 11 is 0. The van der Waals surface area contributed by atoms with E-state index < -0.39 is 0 Å². The third-order valence-corrected chi connectivity index (χ3v) is 4.70. The van der Waals surface area contributed by atoms with Gasteiger partial charge in [-0.15, -0.1) is 0 Å². The van der Waals surface area contributed by atoms with E-state index in [1.165, 1.54) is 5.56 Å². The molecule has 0 heterocycles. The molecule has 0 N–H and O–H groups in total. The Bertz CT molecular complexity index is 671. The lowest BCUT2D eigenvalue weighted by Crippen LogP contribution is -2.18. The average molecular weight is 387 g/mol. The van der Waals surface area contributed by atoms with Crippen molar-refractivity contribution in [2.45, 2.75) is 51.6 Å². The van der Waals surface area contributed by atoms with Gasteiger partial charge in [0.05, 0.1) is 25.4 Å². The Hall–Kier alpha value is -1.72. The minimum atomic E-state index is -0.0606. The van der Waals surface area contributed by atoms with Gasteiger partial charge in [0.1, 0.15) is 12.2 Å². The van der Waals surface area contributed by atoms with E-state index in [1.54, 1.807) is 14.2 Å². The molecule has 2 rings (SSSR count). The number of rotatable bonds is 12. The average Bonchev–Trinajstić information content (AvgIpc) is 2.70. The van der Waals surface area contributed by atoms with Crippen molar-refractivity contribution in [2.75, 3.05) is 27.4 Å². The molecule has 0 fully saturated rings. The Morgan fingerprint density at radius 2 is 1.32 bits per heavy atom. The fourth-order valence-electron chi connectivity index (χ4n) is 3.11. The van der Waals surface area contributed by atoms with Crippen molar-refractivity contribution in [3.05, 3.63) is 71.3 Å². The lowest BCUT2D eigenvalue weighted by atomic mass is 10.0. The summed E-state index contributed by atoms with van der Waals surface area (Å²) in [7, 11) is 3.44. The number of benzene rings is 2. The molecule has 0 bridgehead atoms. The molecule has 0 aliphatic carbocycles. The molecule has 2 aromatic carbocycles. The van der Waals surface area contributed by atoms with Crippen LogP contribution in [0.5, 0.6) is 0 Å². The highest BCUT2D eigenvalue weighted by molar-refractivity contribution is 5.26. The summed E-state index contributed by atoms with van der Waals surface area (Å²) in [5.41, 5.74) is 3.49. The second kappa shape index (κ2) is 12.0. The van der Waals surface area contributed by atoms with Crippen LogP contribution in [0.25, 0.3) is 0 Å². The molecule has 0 aliphatic rings. The van der Waals surface area contributed by atoms with Crippen LogP contribution in [0.2, 0.25) is 0 Å². The van der Waals surface area contributed by atoms with E-state index in [2.05, 4.69) is 43.3 Å². The predicted molar refractivity (Wildman–Crippen MR) is 113 cm³/mol. The van der Waals surface area contributed by atoms with Crippen molar-refractivity contribution in [2.24, 2.45) is 0 Å². The lowest BCUT2D eigenvalue weighted by molar-refractivity contribution is -0.0223. The summed E-state index contributed by atoms with van der Waals surface area (Å²) in [6, 6.07) is 18.6. The standard InChI is InChI=1S/C24H34O4/c1-18(2)27-16-24(26-5)22-13-9-10-20(15-22)14-19(3)28-17-23(25-4)21-11-7-6-8-12-21/h6-13,15,18-19,23-24H,14,16-17H2,1-5H3. The Balaban J connectivity index is 1.91. The largest absolute Gasteiger partial charge is 0.376 e. The molecule has 4 nitrogen and oxygen atoms in total. The molecule has 0 aromatic heterocycles. The van der Waals surface area contributed by atoms with Gasteiger partial charge in [0.2, 0.25) is 0 Å². The highest BCUT2D eigenvalue weighted by Crippen LogP contribution is 2.21. The maximum absolute atomic E-state index is 6.08. The Labute approximate surface area is 169 Å². The van der Waals surface area contributed by atoms with Crippen LogP contribution >= 0.6 is 0 Å². The topological polar surface area (TPSA) is 36.9 Å². The fourth-order valence-corrected chi connectivity index (χ4v) is 3.11. The fraction of sp³-hybridized carbons (Fsp3) is 0.500. The first-order chi connectivity index (χ1) is 13.5. The molecule has 154 valence electrons. The van der Waals surface area contributed by atoms with Crippen LogP contribution in [0.3, 0.4) is 0 Å². The molecule has 0 aliphatic heterocycles. The number of ether oxygens (including phenoxy) is 4. The lowest BCUT2D eigenvalue weighted by Gasteiger charge is -2.21. The second-order valence-corrected chi connectivity index (χ2v) is 7.33. The maximum Gasteiger partial charge on any atom is 0.105 e. The molecule has 2 aromatic rings. The second-order valence-electron chi connectivity index (χ2n) is 7.33. The van der Waals surface area contributed by atoms with Crippen molar-refractivity contribution >= 4 is 0 Å². The summed E-state index contributed by atoms with van der Waals surface area (Å²) in [4.78, 5) is 0. The van der Waals surface area contributed by atoms with Gasteiger partial charge >= 0.3 is 0 Å². The highest BCUT2D eigenvalue weighted by atomic mass is 16.5. The third kappa shape index (κ3) is 7.36. The summed E-state index contributed by atoms with van der Waals surface area (Å²) in [5.74, 6) is 0. The van der Waals surface area contributed by atoms with Gasteiger partial charge in [-0.05, 0) is 43.9 Å². The van der Waals surface area contributed by atoms with Crippen LogP contribution < -0.4 is 0 Å². The summed E-state index contributed by atoms with van der Waals surface area (Å²) in [6.45, 7) is 7.25. The Morgan fingerprint density at radius 1 is 0.714 bits per heavy atom. The molecule has 0 spiro atoms. The minimum Gasteiger partial charge on any atom is -0.376 e. The molecule has 3 unspecified atom stereocenters. The molecular weight excluding hydrogens is 352 g/mol. The molecular formula is C24H34O4. The van der Waals surface area contributed by atoms with Crippen molar-refractivity contribution in [3.8, 4) is 0 Å². The number of hydrogen-bond donors (Lipinski definition) is 0. The van der Waals surface area contributed by atoms with Gasteiger partial charge in [-0.2, -0.15) is 0 Å². The summed E-state index contributed by atoms with van der Waals surface area (Å²) in [5, 5.41) is 0. The van der Waals surface area contributed by atoms with E-state index in [-0.39, 0.29) is 24.4 Å². The first-order valence-electron chi connectivity index (χ1n) is 9.96. The van der Waals surface area contributed by atoms with E-state index in [9.17, 15) is 0 Å². The normalized spacial score (nSPS) is 14.8. The van der Waals surface area contributed by atoms with Crippen molar-refractivity contribution in [3.63, 3.8) is 0 Å². The highest BCUT2D eigenvalue weighted by Gasteiger charge is 2.15. The van der Waals surface area contributed by atoms with Gasteiger partial charge in [0.25, 0.3) is 0 Å².